The zero-order valence-corrected chi connectivity index (χ0v) is 16.0. The van der Waals surface area contributed by atoms with E-state index in [0.29, 0.717) is 13.1 Å². The number of benzene rings is 3. The largest absolute Gasteiger partial charge is 0.455 e. The van der Waals surface area contributed by atoms with Crippen molar-refractivity contribution >= 4 is 11.6 Å². The molecular formula is C24H24N2O2. The monoisotopic (exact) mass is 372 g/mol. The fraction of sp³-hybridized carbons (Fsp3) is 0.208. The van der Waals surface area contributed by atoms with E-state index in [1.807, 2.05) is 84.6 Å². The molecule has 1 aliphatic heterocycles. The quantitative estimate of drug-likeness (QED) is 0.663. The molecule has 1 saturated heterocycles. The predicted molar refractivity (Wildman–Crippen MR) is 112 cm³/mol. The fourth-order valence-corrected chi connectivity index (χ4v) is 3.45. The topological polar surface area (TPSA) is 32.8 Å². The van der Waals surface area contributed by atoms with Gasteiger partial charge in [-0.2, -0.15) is 0 Å². The number of carbonyl (C=O) groups is 1. The van der Waals surface area contributed by atoms with E-state index >= 15 is 0 Å². The molecule has 0 aliphatic carbocycles. The zero-order valence-electron chi connectivity index (χ0n) is 16.0. The summed E-state index contributed by atoms with van der Waals surface area (Å²) in [6, 6.07) is 25.7. The Hall–Kier alpha value is -3.27. The SMILES string of the molecule is Cc1ccc(C(=O)N2CCN(c3ccccc3Oc3ccccc3)CC2)cc1. The number of hydrogen-bond acceptors (Lipinski definition) is 3. The Morgan fingerprint density at radius 1 is 0.786 bits per heavy atom. The predicted octanol–water partition coefficient (Wildman–Crippen LogP) is 4.75. The Bertz CT molecular complexity index is 930. The summed E-state index contributed by atoms with van der Waals surface area (Å²) < 4.78 is 6.10. The smallest absolute Gasteiger partial charge is 0.253 e. The average molecular weight is 372 g/mol. The Balaban J connectivity index is 1.44. The van der Waals surface area contributed by atoms with Crippen molar-refractivity contribution in [2.45, 2.75) is 6.92 Å². The number of aryl methyl sites for hydroxylation is 1. The number of ether oxygens (including phenoxy) is 1. The van der Waals surface area contributed by atoms with Gasteiger partial charge in [-0.15, -0.1) is 0 Å². The molecule has 0 atom stereocenters. The first-order valence-corrected chi connectivity index (χ1v) is 9.63. The molecule has 1 aliphatic rings. The van der Waals surface area contributed by atoms with Gasteiger partial charge in [0, 0.05) is 31.7 Å². The molecule has 28 heavy (non-hydrogen) atoms. The Morgan fingerprint density at radius 2 is 1.43 bits per heavy atom. The number of carbonyl (C=O) groups excluding carboxylic acids is 1. The molecule has 3 aromatic rings. The first kappa shape index (κ1) is 18.1. The lowest BCUT2D eigenvalue weighted by Crippen LogP contribution is -2.48. The zero-order chi connectivity index (χ0) is 19.3. The van der Waals surface area contributed by atoms with Gasteiger partial charge in [-0.3, -0.25) is 4.79 Å². The van der Waals surface area contributed by atoms with Crippen LogP contribution < -0.4 is 9.64 Å². The second kappa shape index (κ2) is 8.17. The maximum Gasteiger partial charge on any atom is 0.253 e. The van der Waals surface area contributed by atoms with Gasteiger partial charge in [0.15, 0.2) is 5.75 Å². The molecule has 3 aromatic carbocycles. The molecule has 4 nitrogen and oxygen atoms in total. The molecule has 0 N–H and O–H groups in total. The molecule has 1 fully saturated rings. The highest BCUT2D eigenvalue weighted by Crippen LogP contribution is 2.32. The summed E-state index contributed by atoms with van der Waals surface area (Å²) in [4.78, 5) is 17.0. The van der Waals surface area contributed by atoms with Gasteiger partial charge in [0.1, 0.15) is 5.75 Å². The van der Waals surface area contributed by atoms with Gasteiger partial charge in [0.25, 0.3) is 5.91 Å². The molecule has 0 saturated carbocycles. The van der Waals surface area contributed by atoms with Gasteiger partial charge in [0.05, 0.1) is 5.69 Å². The van der Waals surface area contributed by atoms with Crippen LogP contribution in [0.5, 0.6) is 11.5 Å². The number of nitrogens with zero attached hydrogens (tertiary/aromatic N) is 2. The lowest BCUT2D eigenvalue weighted by Gasteiger charge is -2.36. The Morgan fingerprint density at radius 3 is 2.14 bits per heavy atom. The van der Waals surface area contributed by atoms with Crippen LogP contribution in [-0.4, -0.2) is 37.0 Å². The summed E-state index contributed by atoms with van der Waals surface area (Å²) in [6.07, 6.45) is 0. The summed E-state index contributed by atoms with van der Waals surface area (Å²) in [5.74, 6) is 1.77. The van der Waals surface area contributed by atoms with E-state index in [-0.39, 0.29) is 5.91 Å². The first-order valence-electron chi connectivity index (χ1n) is 9.63. The van der Waals surface area contributed by atoms with Gasteiger partial charge in [-0.05, 0) is 43.3 Å². The standard InChI is InChI=1S/C24H24N2O2/c1-19-11-13-20(14-12-19)24(27)26-17-15-25(16-18-26)22-9-5-6-10-23(22)28-21-7-3-2-4-8-21/h2-14H,15-18H2,1H3. The van der Waals surface area contributed by atoms with Gasteiger partial charge in [0.2, 0.25) is 0 Å². The van der Waals surface area contributed by atoms with E-state index < -0.39 is 0 Å². The van der Waals surface area contributed by atoms with Crippen LogP contribution in [0.2, 0.25) is 0 Å². The molecule has 0 spiro atoms. The molecule has 0 bridgehead atoms. The summed E-state index contributed by atoms with van der Waals surface area (Å²) in [7, 11) is 0. The van der Waals surface area contributed by atoms with Crippen LogP contribution in [0.3, 0.4) is 0 Å². The van der Waals surface area contributed by atoms with Crippen LogP contribution in [0.1, 0.15) is 15.9 Å². The molecule has 1 amide bonds. The van der Waals surface area contributed by atoms with Gasteiger partial charge >= 0.3 is 0 Å². The third-order valence-electron chi connectivity index (χ3n) is 5.04. The Labute approximate surface area is 166 Å². The number of para-hydroxylation sites is 3. The van der Waals surface area contributed by atoms with Crippen molar-refractivity contribution in [3.8, 4) is 11.5 Å². The molecule has 4 heteroatoms. The normalized spacial score (nSPS) is 14.0. The van der Waals surface area contributed by atoms with Gasteiger partial charge in [-0.25, -0.2) is 0 Å². The van der Waals surface area contributed by atoms with E-state index in [4.69, 9.17) is 4.74 Å². The van der Waals surface area contributed by atoms with Crippen LogP contribution in [0.25, 0.3) is 0 Å². The highest BCUT2D eigenvalue weighted by Gasteiger charge is 2.23. The van der Waals surface area contributed by atoms with Gasteiger partial charge < -0.3 is 14.5 Å². The molecule has 1 heterocycles. The van der Waals surface area contributed by atoms with Crippen LogP contribution in [-0.2, 0) is 0 Å². The van der Waals surface area contributed by atoms with E-state index in [0.717, 1.165) is 41.4 Å². The third kappa shape index (κ3) is 4.01. The van der Waals surface area contributed by atoms with E-state index in [1.165, 1.54) is 0 Å². The van der Waals surface area contributed by atoms with Crippen LogP contribution in [0.15, 0.2) is 78.9 Å². The third-order valence-corrected chi connectivity index (χ3v) is 5.04. The molecule has 0 radical (unpaired) electrons. The second-order valence-electron chi connectivity index (χ2n) is 7.03. The molecule has 0 unspecified atom stereocenters. The lowest BCUT2D eigenvalue weighted by molar-refractivity contribution is 0.0746. The van der Waals surface area contributed by atoms with Crippen molar-refractivity contribution in [3.63, 3.8) is 0 Å². The minimum atomic E-state index is 0.105. The average Bonchev–Trinajstić information content (AvgIpc) is 2.75. The van der Waals surface area contributed by atoms with E-state index in [1.54, 1.807) is 0 Å². The van der Waals surface area contributed by atoms with Crippen LogP contribution in [0.4, 0.5) is 5.69 Å². The minimum Gasteiger partial charge on any atom is -0.455 e. The Kier molecular flexibility index (Phi) is 5.29. The summed E-state index contributed by atoms with van der Waals surface area (Å²) in [5, 5.41) is 0. The van der Waals surface area contributed by atoms with Crippen LogP contribution in [0, 0.1) is 6.92 Å². The number of anilines is 1. The molecule has 142 valence electrons. The van der Waals surface area contributed by atoms with E-state index in [9.17, 15) is 4.79 Å². The van der Waals surface area contributed by atoms with Crippen molar-refractivity contribution in [2.24, 2.45) is 0 Å². The molecular weight excluding hydrogens is 348 g/mol. The van der Waals surface area contributed by atoms with E-state index in [2.05, 4.69) is 11.0 Å². The van der Waals surface area contributed by atoms with Crippen LogP contribution >= 0.6 is 0 Å². The van der Waals surface area contributed by atoms with Crippen molar-refractivity contribution in [3.05, 3.63) is 90.0 Å². The highest BCUT2D eigenvalue weighted by molar-refractivity contribution is 5.94. The molecule has 0 aromatic heterocycles. The second-order valence-corrected chi connectivity index (χ2v) is 7.03. The minimum absolute atomic E-state index is 0.105. The maximum atomic E-state index is 12.7. The molecule has 4 rings (SSSR count). The highest BCUT2D eigenvalue weighted by atomic mass is 16.5. The van der Waals surface area contributed by atoms with Crippen molar-refractivity contribution in [1.82, 2.24) is 4.90 Å². The summed E-state index contributed by atoms with van der Waals surface area (Å²) in [5.41, 5.74) is 2.98. The van der Waals surface area contributed by atoms with Crippen molar-refractivity contribution in [1.29, 1.82) is 0 Å². The number of amides is 1. The summed E-state index contributed by atoms with van der Waals surface area (Å²) in [6.45, 7) is 5.00. The van der Waals surface area contributed by atoms with Gasteiger partial charge in [-0.1, -0.05) is 48.0 Å². The first-order chi connectivity index (χ1) is 13.7. The number of hydrogen-bond donors (Lipinski definition) is 0. The van der Waals surface area contributed by atoms with Crippen molar-refractivity contribution < 1.29 is 9.53 Å². The van der Waals surface area contributed by atoms with Crippen molar-refractivity contribution in [2.75, 3.05) is 31.1 Å². The maximum absolute atomic E-state index is 12.7. The fourth-order valence-electron chi connectivity index (χ4n) is 3.45. The number of piperazine rings is 1. The summed E-state index contributed by atoms with van der Waals surface area (Å²) >= 11 is 0. The number of rotatable bonds is 4. The lowest BCUT2D eigenvalue weighted by atomic mass is 10.1.